The molecule has 0 bridgehead atoms. The first kappa shape index (κ1) is 125. The Morgan fingerprint density at radius 1 is 0.469 bits per heavy atom. The molecule has 4 heterocycles. The van der Waals surface area contributed by atoms with Crippen LogP contribution in [0.15, 0.2) is 256 Å². The third-order valence-corrected chi connectivity index (χ3v) is 20.6. The van der Waals surface area contributed by atoms with E-state index in [1.165, 1.54) is 55.7 Å². The number of amides is 4. The monoisotopic (exact) mass is 2120 g/mol. The summed E-state index contributed by atoms with van der Waals surface area (Å²) < 4.78 is 61.3. The SMILES string of the molecule is C.CC(=O)c1cn(CC(=O)N(CC(=O)Nc2cccc(-c3ccccc3Cl)c2F)C(C)C)c2ccc(Nc3cncnc3)cc12.CC(=O)c1cn(CC(=O)O)c2ccc(Nc3cncnc3)cc12.CC(C)N.CC(C)NCC(=O)Nc1cccc(-c2ccccc2Cl)c1F.Nc1cccc(-c2ccccc2Cl)c1F.O=C(CCl)Nc1cccc(-c2ccccc2Cl)c1F.O=C(Cl)CCl.O=CO[O-].O=CO[O-].[Na+].[Na+]. The van der Waals surface area contributed by atoms with Gasteiger partial charge in [-0.2, -0.15) is 0 Å². The molecule has 10 aromatic carbocycles. The number of alkyl halides is 2. The third kappa shape index (κ3) is 40.5. The number of nitrogens with two attached hydrogens (primary N) is 2. The Hall–Kier alpha value is -12.3. The molecule has 11 N–H and O–H groups in total. The van der Waals surface area contributed by atoms with Gasteiger partial charge < -0.3 is 82.8 Å². The first-order valence-corrected chi connectivity index (χ1v) is 44.6. The van der Waals surface area contributed by atoms with Crippen molar-refractivity contribution in [3.63, 3.8) is 0 Å². The van der Waals surface area contributed by atoms with Gasteiger partial charge in [-0.3, -0.25) is 47.9 Å². The number of carboxylic acids is 1. The molecule has 0 radical (unpaired) electrons. The maximum atomic E-state index is 15.4. The fourth-order valence-corrected chi connectivity index (χ4v) is 13.6. The number of nitrogens with one attached hydrogen (secondary N) is 6. The average molecular weight is 2120 g/mol. The van der Waals surface area contributed by atoms with Crippen LogP contribution in [0.4, 0.5) is 63.1 Å². The largest absolute Gasteiger partial charge is 1.00 e. The smallest absolute Gasteiger partial charge is 0.662 e. The molecule has 143 heavy (non-hydrogen) atoms. The van der Waals surface area contributed by atoms with Crippen LogP contribution < -0.4 is 113 Å². The fraction of sp³-hybridized carbons (Fsp3) is 0.180. The fourth-order valence-electron chi connectivity index (χ4n) is 12.6. The van der Waals surface area contributed by atoms with Crippen molar-refractivity contribution in [1.82, 2.24) is 39.3 Å². The van der Waals surface area contributed by atoms with Gasteiger partial charge in [-0.05, 0) is 130 Å². The van der Waals surface area contributed by atoms with Crippen LogP contribution in [0.2, 0.25) is 20.1 Å². The van der Waals surface area contributed by atoms with Gasteiger partial charge in [-0.15, -0.1) is 23.2 Å². The van der Waals surface area contributed by atoms with Crippen LogP contribution in [0.25, 0.3) is 66.3 Å². The van der Waals surface area contributed by atoms with Crippen molar-refractivity contribution in [3.8, 4) is 44.5 Å². The zero-order chi connectivity index (χ0) is 103. The summed E-state index contributed by atoms with van der Waals surface area (Å²) in [5, 5.41) is 45.5. The van der Waals surface area contributed by atoms with E-state index in [1.807, 2.05) is 64.1 Å². The molecular formula is C100H98Cl7F4N15Na2O15. The second-order valence-electron chi connectivity index (χ2n) is 30.0. The van der Waals surface area contributed by atoms with Crippen molar-refractivity contribution in [2.45, 2.75) is 94.0 Å². The molecule has 0 aliphatic rings. The number of rotatable bonds is 27. The average Bonchev–Trinajstić information content (AvgIpc) is 1.63. The molecule has 43 heteroatoms. The van der Waals surface area contributed by atoms with Gasteiger partial charge in [-0.25, -0.2) is 37.5 Å². The van der Waals surface area contributed by atoms with E-state index in [-0.39, 0.29) is 181 Å². The Morgan fingerprint density at radius 2 is 0.783 bits per heavy atom. The van der Waals surface area contributed by atoms with Gasteiger partial charge >= 0.3 is 65.1 Å². The summed E-state index contributed by atoms with van der Waals surface area (Å²) in [4.78, 5) is 134. The molecule has 0 spiro atoms. The number of anilines is 8. The number of aromatic nitrogens is 6. The Kier molecular flexibility index (Phi) is 56.8. The van der Waals surface area contributed by atoms with Crippen LogP contribution in [0, 0.1) is 23.3 Å². The van der Waals surface area contributed by atoms with Crippen molar-refractivity contribution < 1.29 is 150 Å². The molecule has 14 aromatic rings. The maximum Gasteiger partial charge on any atom is 1.00 e. The van der Waals surface area contributed by atoms with Crippen molar-refractivity contribution in [3.05, 3.63) is 311 Å². The molecule has 14 rings (SSSR count). The Bertz CT molecular complexity index is 6560. The Morgan fingerprint density at radius 3 is 1.09 bits per heavy atom. The van der Waals surface area contributed by atoms with Gasteiger partial charge in [0, 0.05) is 133 Å². The van der Waals surface area contributed by atoms with Crippen LogP contribution in [-0.4, -0.2) is 141 Å². The number of ketones is 2. The number of carbonyl (C=O) groups excluding carboxylic acids is 9. The van der Waals surface area contributed by atoms with Gasteiger partial charge in [-0.1, -0.05) is 203 Å². The van der Waals surface area contributed by atoms with E-state index in [9.17, 15) is 51.5 Å². The zero-order valence-corrected chi connectivity index (χ0v) is 87.3. The molecule has 30 nitrogen and oxygen atoms in total. The number of carboxylic acid groups (broad SMARTS) is 1. The second kappa shape index (κ2) is 65.1. The van der Waals surface area contributed by atoms with Gasteiger partial charge in [0.15, 0.2) is 34.8 Å². The van der Waals surface area contributed by atoms with Gasteiger partial charge in [0.05, 0.1) is 71.3 Å². The van der Waals surface area contributed by atoms with Crippen LogP contribution in [-0.2, 0) is 61.2 Å². The topological polar surface area (TPSA) is 444 Å². The van der Waals surface area contributed by atoms with E-state index in [0.29, 0.717) is 104 Å². The third-order valence-electron chi connectivity index (χ3n) is 18.6. The minimum atomic E-state index is -0.958. The maximum absolute atomic E-state index is 15.4. The summed E-state index contributed by atoms with van der Waals surface area (Å²) >= 11 is 39.3. The molecule has 4 amide bonds. The Balaban J connectivity index is 0.000000458. The summed E-state index contributed by atoms with van der Waals surface area (Å²) in [6.45, 7) is 13.5. The van der Waals surface area contributed by atoms with Gasteiger partial charge in [0.1, 0.15) is 38.2 Å². The summed E-state index contributed by atoms with van der Waals surface area (Å²) in [6, 6.07) is 58.1. The van der Waals surface area contributed by atoms with E-state index >= 15 is 4.39 Å². The van der Waals surface area contributed by atoms with E-state index in [4.69, 9.17) is 118 Å². The predicted molar refractivity (Wildman–Crippen MR) is 542 cm³/mol. The number of fused-ring (bicyclic) bond motifs is 2. The summed E-state index contributed by atoms with van der Waals surface area (Å²) in [6.07, 6.45) is 12.6. The quantitative estimate of drug-likeness (QED) is 0.00266. The number of Topliss-reactive ketones (excluding diaryl/α,β-unsaturated/α-hetero) is 2. The molecule has 742 valence electrons. The molecule has 0 aliphatic carbocycles. The minimum absolute atomic E-state index is 0. The molecule has 4 aromatic heterocycles. The zero-order valence-electron chi connectivity index (χ0n) is 78.0. The van der Waals surface area contributed by atoms with Crippen LogP contribution in [0.1, 0.15) is 83.5 Å². The number of aliphatic carboxylic acids is 1. The van der Waals surface area contributed by atoms with Gasteiger partial charge in [0.2, 0.25) is 28.9 Å². The number of hydrogen-bond acceptors (Lipinski definition) is 23. The number of benzene rings is 10. The summed E-state index contributed by atoms with van der Waals surface area (Å²) in [5.41, 5.74) is 19.9. The molecule has 0 aliphatic heterocycles. The van der Waals surface area contributed by atoms with Gasteiger partial charge in [0.25, 0.3) is 12.9 Å². The van der Waals surface area contributed by atoms with Crippen LogP contribution >= 0.6 is 81.2 Å². The van der Waals surface area contributed by atoms with E-state index in [2.05, 4.69) is 61.6 Å². The normalized spacial score (nSPS) is 10.0. The molecule has 0 atom stereocenters. The molecule has 0 fully saturated rings. The van der Waals surface area contributed by atoms with Crippen molar-refractivity contribution in [2.75, 3.05) is 57.2 Å². The first-order valence-electron chi connectivity index (χ1n) is 41.7. The summed E-state index contributed by atoms with van der Waals surface area (Å²) in [7, 11) is 0. The number of carbonyl (C=O) groups is 10. The molecule has 0 saturated heterocycles. The standard InChI is InChI=1S/C33H30ClFN6O3.C17H18ClFN2O.C16H14N4O3.C14H10Cl2FNO.C12H9ClFN.C3H9N.C2H2Cl2O.2CH2O3.CH4.2Na/c1-20(2)41(17-31(43)39-29-10-6-8-25(33(29)35)24-7-4-5-9-28(24)34)32(44)18-40-16-27(21(3)42)26-13-22(11-12-30(26)40)38-23-14-36-19-37-15-23;1-11(2)20-10-16(22)21-15-9-5-7-13(17(15)19)12-6-3-4-8-14(12)18;1-10(21)14-7-20(8-16(22)23)15-3-2-11(4-13(14)15)19-12-5-17-9-18-6-12;15-8-13(19)18-12-7-3-5-10(14(12)17)9-4-1-2-6-11(9)16;13-10-6-2-1-4-8(10)9-5-3-7-11(15)12(9)14;1-3(2)4;3-1-2(4)5;2*2-1-4-3;;;/h4-16,19-20,38H,17-18H2,1-3H3,(H,39,43);3-9,11,20H,10H2,1-2H3,(H,21,22);2-7,9,19H,8H2,1H3,(H,22,23);1-7H,8H2,(H,18,19);1-7H,15H2;3H,4H2,1-2H3;1H2;2*1,3H;1H4;;/q;;;;;;;;;;2*+1/p-2. The van der Waals surface area contributed by atoms with E-state index in [0.717, 1.165) is 17.1 Å². The van der Waals surface area contributed by atoms with Crippen molar-refractivity contribution in [2.24, 2.45) is 5.73 Å². The number of nitrogens with zero attached hydrogens (tertiary/aromatic N) is 7. The van der Waals surface area contributed by atoms with Crippen LogP contribution in [0.3, 0.4) is 0 Å². The van der Waals surface area contributed by atoms with E-state index < -0.39 is 46.3 Å². The molecular weight excluding hydrogens is 2020 g/mol. The first-order chi connectivity index (χ1) is 66.8. The van der Waals surface area contributed by atoms with Crippen LogP contribution in [0.5, 0.6) is 0 Å². The predicted octanol–water partition coefficient (Wildman–Crippen LogP) is 14.2. The minimum Gasteiger partial charge on any atom is -0.662 e. The number of nitrogen functional groups attached to an aromatic ring is 1. The van der Waals surface area contributed by atoms with Crippen molar-refractivity contribution in [1.29, 1.82) is 0 Å². The Labute approximate surface area is 901 Å². The van der Waals surface area contributed by atoms with Crippen molar-refractivity contribution >= 4 is 208 Å². The molecule has 0 unspecified atom stereocenters. The van der Waals surface area contributed by atoms with E-state index in [1.54, 1.807) is 206 Å². The number of hydrogen-bond donors (Lipinski definition) is 9. The second-order valence-corrected chi connectivity index (χ2v) is 32.6. The summed E-state index contributed by atoms with van der Waals surface area (Å²) in [5.74, 6) is -5.25. The number of halogens is 11. The molecule has 0 saturated carbocycles.